The molecule has 0 atom stereocenters. The van der Waals surface area contributed by atoms with Gasteiger partial charge in [-0.1, -0.05) is 48.5 Å². The topological polar surface area (TPSA) is 22.0 Å². The zero-order chi connectivity index (χ0) is 16.1. The van der Waals surface area contributed by atoms with Gasteiger partial charge >= 0.3 is 0 Å². The van der Waals surface area contributed by atoms with Crippen molar-refractivity contribution in [2.45, 2.75) is 0 Å². The quantitative estimate of drug-likeness (QED) is 0.406. The molecular formula is C21H13NOS. The molecule has 0 radical (unpaired) electrons. The van der Waals surface area contributed by atoms with Crippen LogP contribution in [-0.2, 0) is 0 Å². The summed E-state index contributed by atoms with van der Waals surface area (Å²) in [4.78, 5) is 13.0. The van der Waals surface area contributed by atoms with Gasteiger partial charge in [-0.05, 0) is 30.3 Å². The van der Waals surface area contributed by atoms with Crippen molar-refractivity contribution in [3.8, 4) is 5.69 Å². The highest BCUT2D eigenvalue weighted by Gasteiger charge is 2.16. The second-order valence-corrected chi connectivity index (χ2v) is 6.85. The van der Waals surface area contributed by atoms with E-state index in [1.165, 1.54) is 0 Å². The number of rotatable bonds is 1. The van der Waals surface area contributed by atoms with Crippen molar-refractivity contribution in [1.82, 2.24) is 4.57 Å². The van der Waals surface area contributed by atoms with Gasteiger partial charge in [0.15, 0.2) is 0 Å². The van der Waals surface area contributed by atoms with Gasteiger partial charge in [-0.2, -0.15) is 0 Å². The molecule has 0 saturated carbocycles. The molecule has 0 N–H and O–H groups in total. The minimum absolute atomic E-state index is 0.119. The van der Waals surface area contributed by atoms with E-state index in [9.17, 15) is 4.79 Å². The van der Waals surface area contributed by atoms with Gasteiger partial charge in [-0.25, -0.2) is 0 Å². The molecule has 5 aromatic rings. The summed E-state index contributed by atoms with van der Waals surface area (Å²) in [6, 6.07) is 26.3. The highest BCUT2D eigenvalue weighted by Crippen LogP contribution is 2.35. The van der Waals surface area contributed by atoms with Crippen LogP contribution in [0.15, 0.2) is 83.7 Å². The molecule has 2 aromatic heterocycles. The molecule has 3 aromatic carbocycles. The first kappa shape index (κ1) is 13.5. The lowest BCUT2D eigenvalue weighted by Crippen LogP contribution is -2.08. The van der Waals surface area contributed by atoms with Gasteiger partial charge in [0, 0.05) is 21.2 Å². The number of nitrogens with zero attached hydrogens (tertiary/aromatic N) is 1. The van der Waals surface area contributed by atoms with Crippen molar-refractivity contribution in [1.29, 1.82) is 0 Å². The van der Waals surface area contributed by atoms with Crippen LogP contribution in [0.1, 0.15) is 0 Å². The van der Waals surface area contributed by atoms with Gasteiger partial charge < -0.3 is 4.57 Å². The first-order valence-electron chi connectivity index (χ1n) is 7.85. The normalized spacial score (nSPS) is 11.5. The maximum absolute atomic E-state index is 13.0. The van der Waals surface area contributed by atoms with Crippen molar-refractivity contribution < 1.29 is 0 Å². The summed E-state index contributed by atoms with van der Waals surface area (Å²) >= 11 is 1.58. The number of hydrogen-bond donors (Lipinski definition) is 0. The average molecular weight is 327 g/mol. The van der Waals surface area contributed by atoms with Crippen molar-refractivity contribution in [2.75, 3.05) is 0 Å². The van der Waals surface area contributed by atoms with Crippen LogP contribution in [0.25, 0.3) is 36.9 Å². The van der Waals surface area contributed by atoms with Crippen molar-refractivity contribution in [3.63, 3.8) is 0 Å². The lowest BCUT2D eigenvalue weighted by Gasteiger charge is -2.13. The average Bonchev–Trinajstić information content (AvgIpc) is 3.03. The van der Waals surface area contributed by atoms with E-state index in [1.807, 2.05) is 54.6 Å². The highest BCUT2D eigenvalue weighted by molar-refractivity contribution is 7.25. The first-order chi connectivity index (χ1) is 11.8. The van der Waals surface area contributed by atoms with Crippen LogP contribution >= 0.6 is 11.3 Å². The van der Waals surface area contributed by atoms with E-state index >= 15 is 0 Å². The van der Waals surface area contributed by atoms with Crippen molar-refractivity contribution in [3.05, 3.63) is 89.1 Å². The SMILES string of the molecule is O=c1c2ccccc2n(-c2ccccc2)c2c1sc1ccccc12. The molecule has 0 unspecified atom stereocenters. The van der Waals surface area contributed by atoms with Crippen molar-refractivity contribution >= 4 is 42.5 Å². The fraction of sp³-hybridized carbons (Fsp3) is 0. The van der Waals surface area contributed by atoms with Crippen LogP contribution in [0.4, 0.5) is 0 Å². The molecule has 0 aliphatic carbocycles. The molecule has 0 amide bonds. The van der Waals surface area contributed by atoms with E-state index in [0.717, 1.165) is 36.9 Å². The second-order valence-electron chi connectivity index (χ2n) is 5.79. The third-order valence-electron chi connectivity index (χ3n) is 4.40. The maximum Gasteiger partial charge on any atom is 0.207 e. The molecule has 2 nitrogen and oxygen atoms in total. The fourth-order valence-corrected chi connectivity index (χ4v) is 4.50. The Labute approximate surface area is 142 Å². The summed E-state index contributed by atoms with van der Waals surface area (Å²) in [6.45, 7) is 0. The Bertz CT molecular complexity index is 1270. The third kappa shape index (κ3) is 1.79. The first-order valence-corrected chi connectivity index (χ1v) is 8.67. The largest absolute Gasteiger partial charge is 0.308 e. The van der Waals surface area contributed by atoms with Gasteiger partial charge in [-0.15, -0.1) is 11.3 Å². The number of pyridine rings is 1. The fourth-order valence-electron chi connectivity index (χ4n) is 3.36. The van der Waals surface area contributed by atoms with Gasteiger partial charge in [0.25, 0.3) is 0 Å². The minimum Gasteiger partial charge on any atom is -0.308 e. The van der Waals surface area contributed by atoms with E-state index in [4.69, 9.17) is 0 Å². The number of thiophene rings is 1. The zero-order valence-electron chi connectivity index (χ0n) is 12.8. The van der Waals surface area contributed by atoms with Crippen LogP contribution in [-0.4, -0.2) is 4.57 Å². The van der Waals surface area contributed by atoms with Crippen LogP contribution in [0.2, 0.25) is 0 Å². The van der Waals surface area contributed by atoms with E-state index < -0.39 is 0 Å². The van der Waals surface area contributed by atoms with Crippen molar-refractivity contribution in [2.24, 2.45) is 0 Å². The minimum atomic E-state index is 0.119. The molecule has 0 aliphatic rings. The molecule has 0 saturated heterocycles. The monoisotopic (exact) mass is 327 g/mol. The third-order valence-corrected chi connectivity index (χ3v) is 5.56. The molecule has 0 fully saturated rings. The molecule has 0 aliphatic heterocycles. The van der Waals surface area contributed by atoms with E-state index in [2.05, 4.69) is 28.8 Å². The molecule has 114 valence electrons. The smallest absolute Gasteiger partial charge is 0.207 e. The second kappa shape index (κ2) is 5.05. The summed E-state index contributed by atoms with van der Waals surface area (Å²) in [5.41, 5.74) is 3.14. The Morgan fingerprint density at radius 1 is 0.708 bits per heavy atom. The summed E-state index contributed by atoms with van der Waals surface area (Å²) in [6.07, 6.45) is 0. The number of benzene rings is 3. The Morgan fingerprint density at radius 3 is 2.21 bits per heavy atom. The number of para-hydroxylation sites is 2. The highest BCUT2D eigenvalue weighted by atomic mass is 32.1. The van der Waals surface area contributed by atoms with Crippen LogP contribution in [0.3, 0.4) is 0 Å². The van der Waals surface area contributed by atoms with Crippen LogP contribution < -0.4 is 5.43 Å². The standard InChI is InChI=1S/C21H13NOS/c23-20-15-10-4-6-12-17(15)22(14-8-2-1-3-9-14)19-16-11-5-7-13-18(16)24-21(19)20/h1-13H. The molecule has 5 rings (SSSR count). The number of hydrogen-bond acceptors (Lipinski definition) is 2. The van der Waals surface area contributed by atoms with E-state index in [1.54, 1.807) is 11.3 Å². The molecule has 2 heterocycles. The lowest BCUT2D eigenvalue weighted by atomic mass is 10.1. The summed E-state index contributed by atoms with van der Waals surface area (Å²) < 4.78 is 4.17. The Hall–Kier alpha value is -2.91. The molecule has 3 heteroatoms. The van der Waals surface area contributed by atoms with E-state index in [0.29, 0.717) is 0 Å². The molecule has 24 heavy (non-hydrogen) atoms. The molecule has 0 spiro atoms. The van der Waals surface area contributed by atoms with Crippen LogP contribution in [0.5, 0.6) is 0 Å². The number of fused-ring (bicyclic) bond motifs is 4. The van der Waals surface area contributed by atoms with Gasteiger partial charge in [0.05, 0.1) is 11.0 Å². The Balaban J connectivity index is 2.15. The molecular weight excluding hydrogens is 314 g/mol. The van der Waals surface area contributed by atoms with Gasteiger partial charge in [-0.3, -0.25) is 4.79 Å². The Morgan fingerprint density at radius 2 is 1.38 bits per heavy atom. The summed E-state index contributed by atoms with van der Waals surface area (Å²) in [5, 5.41) is 1.89. The number of aromatic nitrogens is 1. The lowest BCUT2D eigenvalue weighted by molar-refractivity contribution is 1.17. The maximum atomic E-state index is 13.0. The summed E-state index contributed by atoms with van der Waals surface area (Å²) in [7, 11) is 0. The van der Waals surface area contributed by atoms with E-state index in [-0.39, 0.29) is 5.43 Å². The van der Waals surface area contributed by atoms with Gasteiger partial charge in [0.1, 0.15) is 4.70 Å². The zero-order valence-corrected chi connectivity index (χ0v) is 13.6. The van der Waals surface area contributed by atoms with Gasteiger partial charge in [0.2, 0.25) is 5.43 Å². The predicted molar refractivity (Wildman–Crippen MR) is 102 cm³/mol. The Kier molecular flexibility index (Phi) is 2.84. The predicted octanol–water partition coefficient (Wildman–Crippen LogP) is 5.36. The summed E-state index contributed by atoms with van der Waals surface area (Å²) in [5.74, 6) is 0. The molecule has 0 bridgehead atoms. The van der Waals surface area contributed by atoms with Crippen LogP contribution in [0, 0.1) is 0 Å².